The van der Waals surface area contributed by atoms with Gasteiger partial charge < -0.3 is 19.8 Å². The van der Waals surface area contributed by atoms with Crippen LogP contribution in [-0.4, -0.2) is 42.5 Å². The maximum absolute atomic E-state index is 11.4. The molecule has 0 saturated heterocycles. The highest BCUT2D eigenvalue weighted by atomic mass is 32.2. The number of hydrogen-bond acceptors (Lipinski definition) is 7. The Bertz CT molecular complexity index is 2270. The van der Waals surface area contributed by atoms with E-state index < -0.39 is 5.97 Å². The van der Waals surface area contributed by atoms with Crippen molar-refractivity contribution in [2.45, 2.75) is 114 Å². The van der Waals surface area contributed by atoms with Crippen LogP contribution in [-0.2, 0) is 26.5 Å². The summed E-state index contributed by atoms with van der Waals surface area (Å²) in [5.74, 6) is -1.17. The van der Waals surface area contributed by atoms with Crippen LogP contribution < -0.4 is 14.7 Å². The Morgan fingerprint density at radius 1 is 0.707 bits per heavy atom. The summed E-state index contributed by atoms with van der Waals surface area (Å²) in [6.07, 6.45) is 9.07. The second kappa shape index (κ2) is 13.8. The van der Waals surface area contributed by atoms with Crippen molar-refractivity contribution >= 4 is 62.4 Å². The molecule has 5 aliphatic heterocycles. The van der Waals surface area contributed by atoms with E-state index in [-0.39, 0.29) is 32.5 Å². The molecule has 1 unspecified atom stereocenters. The number of anilines is 5. The second-order valence-corrected chi connectivity index (χ2v) is 22.2. The molecule has 3 aromatic carbocycles. The van der Waals surface area contributed by atoms with E-state index in [1.165, 1.54) is 60.3 Å². The lowest BCUT2D eigenvalue weighted by Crippen LogP contribution is -2.45. The van der Waals surface area contributed by atoms with Gasteiger partial charge in [0, 0.05) is 74.5 Å². The molecular formula is C50H56N4O2S2. The first-order chi connectivity index (χ1) is 27.5. The molecule has 0 fully saturated rings. The minimum Gasteiger partial charge on any atom is -0.477 e. The fraction of sp³-hybridized carbons (Fsp3) is 0.440. The van der Waals surface area contributed by atoms with Crippen molar-refractivity contribution < 1.29 is 9.90 Å². The number of benzene rings is 3. The van der Waals surface area contributed by atoms with Crippen LogP contribution in [0.5, 0.6) is 0 Å². The Labute approximate surface area is 353 Å². The van der Waals surface area contributed by atoms with Crippen molar-refractivity contribution in [2.24, 2.45) is 0 Å². The van der Waals surface area contributed by atoms with Crippen LogP contribution in [0.4, 0.5) is 28.4 Å². The predicted octanol–water partition coefficient (Wildman–Crippen LogP) is 12.6. The molecule has 9 rings (SSSR count). The summed E-state index contributed by atoms with van der Waals surface area (Å²) in [5.41, 5.74) is 13.8. The molecule has 0 aliphatic carbocycles. The highest BCUT2D eigenvalue weighted by Gasteiger charge is 2.43. The fourth-order valence-corrected chi connectivity index (χ4v) is 12.4. The highest BCUT2D eigenvalue weighted by Crippen LogP contribution is 2.55. The van der Waals surface area contributed by atoms with E-state index in [1.54, 1.807) is 29.2 Å². The number of nitrogens with zero attached hydrogens (tertiary/aromatic N) is 4. The molecule has 1 N–H and O–H groups in total. The van der Waals surface area contributed by atoms with Crippen LogP contribution >= 0.6 is 23.1 Å². The molecule has 58 heavy (non-hydrogen) atoms. The molecule has 1 atom stereocenters. The van der Waals surface area contributed by atoms with Crippen molar-refractivity contribution in [3.05, 3.63) is 106 Å². The largest absolute Gasteiger partial charge is 0.477 e. The Kier molecular flexibility index (Phi) is 9.30. The molecule has 0 amide bonds. The van der Waals surface area contributed by atoms with E-state index in [2.05, 4.69) is 137 Å². The standard InChI is InChI=1S/C50H56N4O2S2/c1-47(2)17-21-52-22-18-48(3,4)38-27-34(26-37(47)44(38)52)54(35-28-39-45-40(29-35)50(7,8)20-24-53(45)23-19-49(39,5)6)33-11-9-31(10-12-33)41-15-16-43(58-41)42-14-13-36(57-42)25-32(30-51)46(55)56/h9-12,14-16,25-29,36H,13,17-24H2,1-8H3,(H,55,56)/b32-25+. The van der Waals surface area contributed by atoms with Gasteiger partial charge in [-0.25, -0.2) is 4.79 Å². The van der Waals surface area contributed by atoms with Gasteiger partial charge in [0.15, 0.2) is 0 Å². The first kappa shape index (κ1) is 39.0. The van der Waals surface area contributed by atoms with Crippen LogP contribution in [0.3, 0.4) is 0 Å². The maximum Gasteiger partial charge on any atom is 0.346 e. The van der Waals surface area contributed by atoms with Crippen molar-refractivity contribution in [3.8, 4) is 16.5 Å². The second-order valence-electron chi connectivity index (χ2n) is 19.8. The van der Waals surface area contributed by atoms with E-state index in [9.17, 15) is 15.2 Å². The Balaban J connectivity index is 1.15. The number of thiophene rings is 1. The van der Waals surface area contributed by atoms with Crippen molar-refractivity contribution in [1.29, 1.82) is 5.26 Å². The lowest BCUT2D eigenvalue weighted by molar-refractivity contribution is -0.132. The third-order valence-corrected chi connectivity index (χ3v) is 16.6. The lowest BCUT2D eigenvalue weighted by Gasteiger charge is -2.49. The SMILES string of the molecule is CC1(C)CCN2CCC(C)(C)c3cc(N(c4ccc(-c5ccc(C6=CCC(/C=C(\C#N)C(=O)O)S6)s5)cc4)c4cc5c6c(c4)C(C)(C)CCN6CCC5(C)C)cc1c32. The van der Waals surface area contributed by atoms with E-state index in [0.717, 1.165) is 62.5 Å². The van der Waals surface area contributed by atoms with Gasteiger partial charge in [-0.1, -0.05) is 73.6 Å². The number of nitriles is 1. The van der Waals surface area contributed by atoms with Gasteiger partial charge in [0.05, 0.1) is 0 Å². The van der Waals surface area contributed by atoms with E-state index in [0.29, 0.717) is 6.42 Å². The lowest BCUT2D eigenvalue weighted by atomic mass is 9.69. The molecule has 300 valence electrons. The summed E-state index contributed by atoms with van der Waals surface area (Å²) in [5, 5.41) is 18.6. The smallest absolute Gasteiger partial charge is 0.346 e. The summed E-state index contributed by atoms with van der Waals surface area (Å²) in [4.78, 5) is 22.8. The van der Waals surface area contributed by atoms with Gasteiger partial charge in [0.25, 0.3) is 0 Å². The monoisotopic (exact) mass is 808 g/mol. The van der Waals surface area contributed by atoms with Crippen LogP contribution in [0.25, 0.3) is 15.3 Å². The summed E-state index contributed by atoms with van der Waals surface area (Å²) in [6, 6.07) is 25.5. The van der Waals surface area contributed by atoms with Gasteiger partial charge in [-0.2, -0.15) is 5.26 Å². The molecule has 4 aromatic rings. The average molecular weight is 809 g/mol. The molecule has 1 aromatic heterocycles. The molecule has 0 radical (unpaired) electrons. The quantitative estimate of drug-likeness (QED) is 0.147. The molecule has 0 bridgehead atoms. The summed E-state index contributed by atoms with van der Waals surface area (Å²) in [7, 11) is 0. The van der Waals surface area contributed by atoms with Crippen molar-refractivity contribution in [1.82, 2.24) is 0 Å². The van der Waals surface area contributed by atoms with Gasteiger partial charge in [0.1, 0.15) is 11.6 Å². The maximum atomic E-state index is 11.4. The van der Waals surface area contributed by atoms with Crippen LogP contribution in [0.2, 0.25) is 0 Å². The molecule has 0 saturated carbocycles. The van der Waals surface area contributed by atoms with Gasteiger partial charge in [-0.3, -0.25) is 0 Å². The Morgan fingerprint density at radius 3 is 1.59 bits per heavy atom. The van der Waals surface area contributed by atoms with Crippen molar-refractivity contribution in [2.75, 3.05) is 40.9 Å². The third-order valence-electron chi connectivity index (χ3n) is 14.1. The van der Waals surface area contributed by atoms with Gasteiger partial charge >= 0.3 is 5.97 Å². The number of thioether (sulfide) groups is 1. The predicted molar refractivity (Wildman–Crippen MR) is 245 cm³/mol. The number of rotatable bonds is 7. The van der Waals surface area contributed by atoms with E-state index in [1.807, 2.05) is 6.07 Å². The van der Waals surface area contributed by atoms with Gasteiger partial charge in [0.2, 0.25) is 0 Å². The Hall–Kier alpha value is -4.45. The average Bonchev–Trinajstić information content (AvgIpc) is 3.86. The number of hydrogen-bond donors (Lipinski definition) is 1. The first-order valence-electron chi connectivity index (χ1n) is 21.1. The number of carboxylic acids is 1. The summed E-state index contributed by atoms with van der Waals surface area (Å²) >= 11 is 3.40. The molecule has 0 spiro atoms. The highest BCUT2D eigenvalue weighted by molar-refractivity contribution is 8.09. The van der Waals surface area contributed by atoms with E-state index in [4.69, 9.17) is 0 Å². The fourth-order valence-electron chi connectivity index (χ4n) is 10.0. The summed E-state index contributed by atoms with van der Waals surface area (Å²) in [6.45, 7) is 24.0. The van der Waals surface area contributed by atoms with Crippen LogP contribution in [0.1, 0.15) is 115 Å². The van der Waals surface area contributed by atoms with E-state index >= 15 is 0 Å². The molecular weight excluding hydrogens is 753 g/mol. The number of aliphatic carboxylic acids is 1. The minimum atomic E-state index is -1.17. The van der Waals surface area contributed by atoms with Gasteiger partial charge in [-0.15, -0.1) is 23.1 Å². The molecule has 5 aliphatic rings. The number of carboxylic acid groups (broad SMARTS) is 1. The zero-order valence-corrected chi connectivity index (χ0v) is 37.0. The summed E-state index contributed by atoms with van der Waals surface area (Å²) < 4.78 is 0. The van der Waals surface area contributed by atoms with Gasteiger partial charge in [-0.05, 0) is 136 Å². The van der Waals surface area contributed by atoms with Crippen LogP contribution in [0, 0.1) is 11.3 Å². The zero-order chi connectivity index (χ0) is 40.9. The van der Waals surface area contributed by atoms with Crippen molar-refractivity contribution in [3.63, 3.8) is 0 Å². The van der Waals surface area contributed by atoms with Crippen LogP contribution in [0.15, 0.2) is 78.4 Å². The molecule has 6 nitrogen and oxygen atoms in total. The Morgan fingerprint density at radius 2 is 1.16 bits per heavy atom. The minimum absolute atomic E-state index is 0.0498. The topological polar surface area (TPSA) is 70.8 Å². The normalized spacial score (nSPS) is 22.1. The molecule has 6 heterocycles. The number of allylic oxidation sites excluding steroid dienone is 1. The zero-order valence-electron chi connectivity index (χ0n) is 35.3. The molecule has 8 heteroatoms. The first-order valence-corrected chi connectivity index (χ1v) is 22.8. The number of carbonyl (C=O) groups is 1. The third kappa shape index (κ3) is 6.57.